The summed E-state index contributed by atoms with van der Waals surface area (Å²) in [6, 6.07) is 0. The van der Waals surface area contributed by atoms with E-state index in [1.54, 1.807) is 14.0 Å². The molecule has 0 amide bonds. The zero-order valence-corrected chi connectivity index (χ0v) is 7.85. The van der Waals surface area contributed by atoms with Crippen molar-refractivity contribution in [1.29, 1.82) is 0 Å². The van der Waals surface area contributed by atoms with E-state index in [1.807, 2.05) is 0 Å². The fraction of sp³-hybridized carbons (Fsp3) is 0.875. The molecule has 0 atom stereocenters. The molecule has 0 aliphatic carbocycles. The maximum absolute atomic E-state index is 9.82. The van der Waals surface area contributed by atoms with Crippen LogP contribution in [0.25, 0.3) is 0 Å². The number of methoxy groups -OCH3 is 1. The fourth-order valence-electron chi connectivity index (χ4n) is 0.407. The van der Waals surface area contributed by atoms with Gasteiger partial charge in [0.1, 0.15) is 0 Å². The average Bonchev–Trinajstić information content (AvgIpc) is 1.90. The fourth-order valence-corrected chi connectivity index (χ4v) is 0.407. The molecule has 68 valence electrons. The molecule has 0 saturated heterocycles. The van der Waals surface area contributed by atoms with Crippen LogP contribution in [0.4, 0.5) is 0 Å². The molecule has 0 aromatic rings. The predicted octanol–water partition coefficient (Wildman–Crippen LogP) is 1.61. The molecule has 0 bridgehead atoms. The number of carbonyl (C=O) groups excluding carboxylic acids is 1. The summed E-state index contributed by atoms with van der Waals surface area (Å²) < 4.78 is 9.09. The molecule has 3 heteroatoms. The van der Waals surface area contributed by atoms with E-state index in [1.165, 1.54) is 6.92 Å². The van der Waals surface area contributed by atoms with Crippen molar-refractivity contribution in [2.75, 3.05) is 20.3 Å². The predicted molar refractivity (Wildman–Crippen MR) is 44.5 cm³/mol. The van der Waals surface area contributed by atoms with Gasteiger partial charge < -0.3 is 9.47 Å². The van der Waals surface area contributed by atoms with E-state index in [0.717, 1.165) is 13.0 Å². The smallest absolute Gasteiger partial charge is 0.302 e. The standard InChI is InChI=1S/C4H8O2.C4H10O/c1-3-6-4(2)5;1-3-4-5-2/h3H2,1-2H3;3-4H2,1-2H3. The third kappa shape index (κ3) is 26.5. The van der Waals surface area contributed by atoms with E-state index in [2.05, 4.69) is 11.7 Å². The van der Waals surface area contributed by atoms with Gasteiger partial charge in [0.25, 0.3) is 0 Å². The largest absolute Gasteiger partial charge is 0.466 e. The molecule has 0 aliphatic rings. The molecule has 0 heterocycles. The second kappa shape index (κ2) is 12.1. The Morgan fingerprint density at radius 2 is 1.91 bits per heavy atom. The third-order valence-electron chi connectivity index (χ3n) is 0.756. The first-order valence-corrected chi connectivity index (χ1v) is 3.81. The van der Waals surface area contributed by atoms with Crippen molar-refractivity contribution in [3.63, 3.8) is 0 Å². The van der Waals surface area contributed by atoms with E-state index < -0.39 is 0 Å². The van der Waals surface area contributed by atoms with Gasteiger partial charge in [0.2, 0.25) is 0 Å². The minimum atomic E-state index is -0.211. The van der Waals surface area contributed by atoms with E-state index in [4.69, 9.17) is 4.74 Å². The molecule has 0 spiro atoms. The summed E-state index contributed by atoms with van der Waals surface area (Å²) in [6.07, 6.45) is 1.12. The van der Waals surface area contributed by atoms with Crippen LogP contribution in [-0.4, -0.2) is 26.3 Å². The molecule has 3 nitrogen and oxygen atoms in total. The second-order valence-electron chi connectivity index (χ2n) is 1.92. The van der Waals surface area contributed by atoms with Crippen molar-refractivity contribution in [2.24, 2.45) is 0 Å². The molecular weight excluding hydrogens is 144 g/mol. The Morgan fingerprint density at radius 1 is 1.36 bits per heavy atom. The van der Waals surface area contributed by atoms with Gasteiger partial charge in [0.05, 0.1) is 6.61 Å². The van der Waals surface area contributed by atoms with Crippen molar-refractivity contribution in [3.8, 4) is 0 Å². The summed E-state index contributed by atoms with van der Waals surface area (Å²) in [5, 5.41) is 0. The Morgan fingerprint density at radius 3 is 1.91 bits per heavy atom. The highest BCUT2D eigenvalue weighted by Crippen LogP contribution is 1.70. The molecule has 0 N–H and O–H groups in total. The first-order valence-electron chi connectivity index (χ1n) is 3.81. The summed E-state index contributed by atoms with van der Waals surface area (Å²) >= 11 is 0. The lowest BCUT2D eigenvalue weighted by atomic mass is 10.5. The van der Waals surface area contributed by atoms with Gasteiger partial charge in [0, 0.05) is 20.6 Å². The minimum Gasteiger partial charge on any atom is -0.466 e. The number of esters is 1. The van der Waals surface area contributed by atoms with Crippen molar-refractivity contribution in [1.82, 2.24) is 0 Å². The van der Waals surface area contributed by atoms with Crippen molar-refractivity contribution in [2.45, 2.75) is 27.2 Å². The Labute approximate surface area is 68.7 Å². The topological polar surface area (TPSA) is 35.5 Å². The maximum Gasteiger partial charge on any atom is 0.302 e. The van der Waals surface area contributed by atoms with Gasteiger partial charge in [-0.15, -0.1) is 0 Å². The first kappa shape index (κ1) is 13.1. The van der Waals surface area contributed by atoms with Gasteiger partial charge >= 0.3 is 5.97 Å². The van der Waals surface area contributed by atoms with Crippen LogP contribution in [0.1, 0.15) is 27.2 Å². The van der Waals surface area contributed by atoms with Gasteiger partial charge in [-0.3, -0.25) is 4.79 Å². The molecular formula is C8H18O3. The Balaban J connectivity index is 0. The third-order valence-corrected chi connectivity index (χ3v) is 0.756. The molecule has 0 aliphatic heterocycles. The van der Waals surface area contributed by atoms with Gasteiger partial charge in [0.15, 0.2) is 0 Å². The SMILES string of the molecule is CCCOC.CCOC(C)=O. The lowest BCUT2D eigenvalue weighted by Gasteiger charge is -1.89. The molecule has 0 saturated carbocycles. The van der Waals surface area contributed by atoms with E-state index in [0.29, 0.717) is 6.61 Å². The summed E-state index contributed by atoms with van der Waals surface area (Å²) in [4.78, 5) is 9.82. The normalized spacial score (nSPS) is 8.00. The highest BCUT2D eigenvalue weighted by Gasteiger charge is 1.81. The Kier molecular flexibility index (Phi) is 14.4. The zero-order chi connectivity index (χ0) is 9.11. The van der Waals surface area contributed by atoms with Gasteiger partial charge in [-0.05, 0) is 13.3 Å². The van der Waals surface area contributed by atoms with Crippen LogP contribution in [-0.2, 0) is 14.3 Å². The van der Waals surface area contributed by atoms with Crippen LogP contribution in [0.15, 0.2) is 0 Å². The van der Waals surface area contributed by atoms with E-state index >= 15 is 0 Å². The lowest BCUT2D eigenvalue weighted by Crippen LogP contribution is -1.95. The average molecular weight is 162 g/mol. The Hall–Kier alpha value is -0.570. The lowest BCUT2D eigenvalue weighted by molar-refractivity contribution is -0.140. The summed E-state index contributed by atoms with van der Waals surface area (Å²) in [5.41, 5.74) is 0. The number of ether oxygens (including phenoxy) is 2. The van der Waals surface area contributed by atoms with Gasteiger partial charge in [-0.2, -0.15) is 0 Å². The number of rotatable bonds is 3. The van der Waals surface area contributed by atoms with Crippen LogP contribution in [0.5, 0.6) is 0 Å². The molecule has 0 fully saturated rings. The van der Waals surface area contributed by atoms with Crippen molar-refractivity contribution < 1.29 is 14.3 Å². The second-order valence-corrected chi connectivity index (χ2v) is 1.92. The zero-order valence-electron chi connectivity index (χ0n) is 7.85. The number of hydrogen-bond donors (Lipinski definition) is 0. The summed E-state index contributed by atoms with van der Waals surface area (Å²) in [6.45, 7) is 6.63. The molecule has 0 aromatic heterocycles. The number of carbonyl (C=O) groups is 1. The van der Waals surface area contributed by atoms with Crippen LogP contribution < -0.4 is 0 Å². The first-order chi connectivity index (χ1) is 5.18. The monoisotopic (exact) mass is 162 g/mol. The summed E-state index contributed by atoms with van der Waals surface area (Å²) in [5.74, 6) is -0.211. The minimum absolute atomic E-state index is 0.211. The Bertz CT molecular complexity index is 79.4. The van der Waals surface area contributed by atoms with Crippen molar-refractivity contribution in [3.05, 3.63) is 0 Å². The molecule has 0 unspecified atom stereocenters. The molecule has 0 rings (SSSR count). The maximum atomic E-state index is 9.82. The number of hydrogen-bond acceptors (Lipinski definition) is 3. The molecule has 0 aromatic carbocycles. The quantitative estimate of drug-likeness (QED) is 0.591. The van der Waals surface area contributed by atoms with E-state index in [9.17, 15) is 4.79 Å². The van der Waals surface area contributed by atoms with Crippen LogP contribution in [0, 0.1) is 0 Å². The highest BCUT2D eigenvalue weighted by molar-refractivity contribution is 5.65. The van der Waals surface area contributed by atoms with E-state index in [-0.39, 0.29) is 5.97 Å². The molecule has 11 heavy (non-hydrogen) atoms. The van der Waals surface area contributed by atoms with Crippen LogP contribution in [0.3, 0.4) is 0 Å². The highest BCUT2D eigenvalue weighted by atomic mass is 16.5. The van der Waals surface area contributed by atoms with Crippen LogP contribution in [0.2, 0.25) is 0 Å². The van der Waals surface area contributed by atoms with Gasteiger partial charge in [-0.1, -0.05) is 6.92 Å². The van der Waals surface area contributed by atoms with Crippen LogP contribution >= 0.6 is 0 Å². The molecule has 0 radical (unpaired) electrons. The van der Waals surface area contributed by atoms with Gasteiger partial charge in [-0.25, -0.2) is 0 Å². The summed E-state index contributed by atoms with van der Waals surface area (Å²) in [7, 11) is 1.71. The van der Waals surface area contributed by atoms with Crippen molar-refractivity contribution >= 4 is 5.97 Å².